The fourth-order valence-corrected chi connectivity index (χ4v) is 2.13. The molecule has 1 saturated heterocycles. The van der Waals surface area contributed by atoms with E-state index in [2.05, 4.69) is 19.2 Å². The van der Waals surface area contributed by atoms with Gasteiger partial charge in [0.05, 0.1) is 6.42 Å². The maximum Gasteiger partial charge on any atom is 0.305 e. The van der Waals surface area contributed by atoms with Crippen molar-refractivity contribution in [2.75, 3.05) is 6.54 Å². The first-order chi connectivity index (χ1) is 5.83. The number of hydrogen-bond acceptors (Lipinski definition) is 3. The van der Waals surface area contributed by atoms with E-state index in [0.29, 0.717) is 6.42 Å². The van der Waals surface area contributed by atoms with Crippen LogP contribution >= 0.6 is 0 Å². The van der Waals surface area contributed by atoms with Gasteiger partial charge >= 0.3 is 5.97 Å². The highest BCUT2D eigenvalue weighted by Gasteiger charge is 2.38. The quantitative estimate of drug-likeness (QED) is 0.580. The molecule has 13 heavy (non-hydrogen) atoms. The number of nitrogens with two attached hydrogens (primary N) is 1. The number of piperidine rings is 1. The van der Waals surface area contributed by atoms with E-state index in [4.69, 9.17) is 10.8 Å². The Balaban J connectivity index is 2.63. The molecule has 0 amide bonds. The zero-order valence-corrected chi connectivity index (χ0v) is 8.26. The third-order valence-corrected chi connectivity index (χ3v) is 2.52. The summed E-state index contributed by atoms with van der Waals surface area (Å²) in [5, 5.41) is 12.0. The number of hydrogen-bond donors (Lipinski definition) is 3. The minimum atomic E-state index is -0.805. The lowest BCUT2D eigenvalue weighted by Gasteiger charge is -2.42. The van der Waals surface area contributed by atoms with E-state index in [-0.39, 0.29) is 12.0 Å². The van der Waals surface area contributed by atoms with E-state index in [9.17, 15) is 4.79 Å². The summed E-state index contributed by atoms with van der Waals surface area (Å²) in [5.74, 6) is -0.805. The second-order valence-corrected chi connectivity index (χ2v) is 4.67. The summed E-state index contributed by atoms with van der Waals surface area (Å²) in [5.41, 5.74) is 5.45. The van der Waals surface area contributed by atoms with Crippen LogP contribution in [0.4, 0.5) is 0 Å². The van der Waals surface area contributed by atoms with Crippen LogP contribution in [-0.4, -0.2) is 28.7 Å². The minimum absolute atomic E-state index is 0.0392. The SMILES string of the molecule is CC1(C)CC(N)(CC(=O)O)CCN1. The fourth-order valence-electron chi connectivity index (χ4n) is 2.13. The van der Waals surface area contributed by atoms with Crippen LogP contribution < -0.4 is 11.1 Å². The van der Waals surface area contributed by atoms with Crippen molar-refractivity contribution in [3.05, 3.63) is 0 Å². The van der Waals surface area contributed by atoms with Crippen molar-refractivity contribution in [3.8, 4) is 0 Å². The Hall–Kier alpha value is -0.610. The highest BCUT2D eigenvalue weighted by Crippen LogP contribution is 2.28. The van der Waals surface area contributed by atoms with Crippen molar-refractivity contribution >= 4 is 5.97 Å². The van der Waals surface area contributed by atoms with E-state index in [1.54, 1.807) is 0 Å². The van der Waals surface area contributed by atoms with Crippen LogP contribution in [0.2, 0.25) is 0 Å². The van der Waals surface area contributed by atoms with Gasteiger partial charge in [0.15, 0.2) is 0 Å². The number of carbonyl (C=O) groups is 1. The van der Waals surface area contributed by atoms with Gasteiger partial charge in [-0.25, -0.2) is 0 Å². The van der Waals surface area contributed by atoms with Gasteiger partial charge in [-0.1, -0.05) is 0 Å². The minimum Gasteiger partial charge on any atom is -0.481 e. The fraction of sp³-hybridized carbons (Fsp3) is 0.889. The van der Waals surface area contributed by atoms with E-state index in [1.165, 1.54) is 0 Å². The monoisotopic (exact) mass is 186 g/mol. The maximum absolute atomic E-state index is 10.6. The zero-order chi connectivity index (χ0) is 10.1. The molecule has 4 N–H and O–H groups in total. The lowest BCUT2D eigenvalue weighted by Crippen LogP contribution is -2.58. The molecular weight excluding hydrogens is 168 g/mol. The summed E-state index contributed by atoms with van der Waals surface area (Å²) in [7, 11) is 0. The van der Waals surface area contributed by atoms with E-state index >= 15 is 0 Å². The van der Waals surface area contributed by atoms with Crippen LogP contribution in [0.25, 0.3) is 0 Å². The summed E-state index contributed by atoms with van der Waals surface area (Å²) in [4.78, 5) is 10.6. The molecule has 1 rings (SSSR count). The molecule has 1 atom stereocenters. The summed E-state index contributed by atoms with van der Waals surface area (Å²) in [6.45, 7) is 4.90. The second kappa shape index (κ2) is 3.27. The molecule has 4 nitrogen and oxygen atoms in total. The predicted molar refractivity (Wildman–Crippen MR) is 50.5 cm³/mol. The smallest absolute Gasteiger partial charge is 0.305 e. The van der Waals surface area contributed by atoms with Crippen LogP contribution in [0, 0.1) is 0 Å². The van der Waals surface area contributed by atoms with Gasteiger partial charge in [-0.2, -0.15) is 0 Å². The summed E-state index contributed by atoms with van der Waals surface area (Å²) in [6, 6.07) is 0. The Morgan fingerprint density at radius 2 is 2.23 bits per heavy atom. The van der Waals surface area contributed by atoms with Crippen LogP contribution in [0.1, 0.15) is 33.1 Å². The Kier molecular flexibility index (Phi) is 2.63. The van der Waals surface area contributed by atoms with Crippen molar-refractivity contribution in [1.29, 1.82) is 0 Å². The highest BCUT2D eigenvalue weighted by atomic mass is 16.4. The average molecular weight is 186 g/mol. The van der Waals surface area contributed by atoms with Gasteiger partial charge in [0.2, 0.25) is 0 Å². The summed E-state index contributed by atoms with van der Waals surface area (Å²) < 4.78 is 0. The number of aliphatic carboxylic acids is 1. The van der Waals surface area contributed by atoms with Crippen molar-refractivity contribution in [2.45, 2.75) is 44.2 Å². The van der Waals surface area contributed by atoms with E-state index in [1.807, 2.05) is 0 Å². The number of carboxylic acid groups (broad SMARTS) is 1. The van der Waals surface area contributed by atoms with Crippen LogP contribution in [0.3, 0.4) is 0 Å². The molecule has 1 aliphatic rings. The molecule has 0 aliphatic carbocycles. The predicted octanol–water partition coefficient (Wildman–Crippen LogP) is 0.321. The third-order valence-electron chi connectivity index (χ3n) is 2.52. The molecule has 1 aliphatic heterocycles. The highest BCUT2D eigenvalue weighted by molar-refractivity contribution is 5.68. The van der Waals surface area contributed by atoms with Crippen LogP contribution in [0.5, 0.6) is 0 Å². The van der Waals surface area contributed by atoms with Crippen LogP contribution in [-0.2, 0) is 4.79 Å². The normalized spacial score (nSPS) is 32.8. The molecule has 0 radical (unpaired) electrons. The van der Waals surface area contributed by atoms with Gasteiger partial charge in [-0.15, -0.1) is 0 Å². The van der Waals surface area contributed by atoms with Crippen molar-refractivity contribution < 1.29 is 9.90 Å². The Labute approximate surface area is 78.5 Å². The molecule has 1 unspecified atom stereocenters. The Morgan fingerprint density at radius 1 is 1.62 bits per heavy atom. The number of nitrogens with one attached hydrogen (secondary N) is 1. The van der Waals surface area contributed by atoms with Gasteiger partial charge in [0.25, 0.3) is 0 Å². The molecule has 0 aromatic heterocycles. The zero-order valence-electron chi connectivity index (χ0n) is 8.26. The first-order valence-corrected chi connectivity index (χ1v) is 4.59. The molecule has 0 aromatic carbocycles. The molecule has 0 spiro atoms. The molecule has 1 fully saturated rings. The van der Waals surface area contributed by atoms with Gasteiger partial charge in [-0.05, 0) is 33.2 Å². The topological polar surface area (TPSA) is 75.4 Å². The Bertz CT molecular complexity index is 216. The molecular formula is C9H18N2O2. The van der Waals surface area contributed by atoms with Gasteiger partial charge in [-0.3, -0.25) is 4.79 Å². The lowest BCUT2D eigenvalue weighted by molar-refractivity contribution is -0.138. The molecule has 0 bridgehead atoms. The maximum atomic E-state index is 10.6. The molecule has 4 heteroatoms. The summed E-state index contributed by atoms with van der Waals surface area (Å²) >= 11 is 0. The largest absolute Gasteiger partial charge is 0.481 e. The average Bonchev–Trinajstić information content (AvgIpc) is 1.79. The van der Waals surface area contributed by atoms with Gasteiger partial charge in [0, 0.05) is 11.1 Å². The molecule has 1 heterocycles. The van der Waals surface area contributed by atoms with E-state index < -0.39 is 11.5 Å². The molecule has 0 aromatic rings. The molecule has 0 saturated carbocycles. The second-order valence-electron chi connectivity index (χ2n) is 4.67. The molecule has 76 valence electrons. The van der Waals surface area contributed by atoms with Crippen molar-refractivity contribution in [1.82, 2.24) is 5.32 Å². The standard InChI is InChI=1S/C9H18N2O2/c1-8(2)6-9(10,3-4-11-8)5-7(12)13/h11H,3-6,10H2,1-2H3,(H,12,13). The van der Waals surface area contributed by atoms with Crippen molar-refractivity contribution in [3.63, 3.8) is 0 Å². The first kappa shape index (κ1) is 10.5. The Morgan fingerprint density at radius 3 is 2.69 bits per heavy atom. The third kappa shape index (κ3) is 2.97. The van der Waals surface area contributed by atoms with Gasteiger partial charge < -0.3 is 16.2 Å². The van der Waals surface area contributed by atoms with E-state index in [0.717, 1.165) is 13.0 Å². The number of carboxylic acids is 1. The van der Waals surface area contributed by atoms with Crippen molar-refractivity contribution in [2.24, 2.45) is 5.73 Å². The van der Waals surface area contributed by atoms with Gasteiger partial charge in [0.1, 0.15) is 0 Å². The lowest BCUT2D eigenvalue weighted by atomic mass is 9.77. The van der Waals surface area contributed by atoms with Crippen LogP contribution in [0.15, 0.2) is 0 Å². The first-order valence-electron chi connectivity index (χ1n) is 4.59. The summed E-state index contributed by atoms with van der Waals surface area (Å²) in [6.07, 6.45) is 1.52. The number of rotatable bonds is 2.